The topological polar surface area (TPSA) is 100 Å². The van der Waals surface area contributed by atoms with Crippen molar-refractivity contribution >= 4 is 5.69 Å². The van der Waals surface area contributed by atoms with Gasteiger partial charge in [-0.2, -0.15) is 0 Å². The average Bonchev–Trinajstić information content (AvgIpc) is 2.80. The van der Waals surface area contributed by atoms with E-state index in [1.54, 1.807) is 12.1 Å². The standard InChI is InChI=1S/C23H29N2O7/c26-20(15-30-16-21-17-31-22-3-1-2-4-23(22)32-21)14-25(9-11-29-12-10-25)13-18-5-7-19(8-6-18)24(27)28/h1-8,20-21,26H,9-17H2/q+1/t20-,21-/m0/s1. The Morgan fingerprint density at radius 1 is 1.12 bits per heavy atom. The van der Waals surface area contributed by atoms with E-state index in [1.165, 1.54) is 12.1 Å². The maximum absolute atomic E-state index is 10.9. The first kappa shape index (κ1) is 22.5. The quantitative estimate of drug-likeness (QED) is 0.359. The van der Waals surface area contributed by atoms with Gasteiger partial charge in [0.05, 0.1) is 31.4 Å². The summed E-state index contributed by atoms with van der Waals surface area (Å²) in [4.78, 5) is 10.5. The average molecular weight is 445 g/mol. The predicted molar refractivity (Wildman–Crippen MR) is 116 cm³/mol. The van der Waals surface area contributed by atoms with Gasteiger partial charge in [0.1, 0.15) is 38.9 Å². The highest BCUT2D eigenvalue weighted by Crippen LogP contribution is 2.31. The van der Waals surface area contributed by atoms with Crippen molar-refractivity contribution in [2.24, 2.45) is 0 Å². The lowest BCUT2D eigenvalue weighted by Crippen LogP contribution is -2.58. The molecule has 9 heteroatoms. The third kappa shape index (κ3) is 5.74. The van der Waals surface area contributed by atoms with Gasteiger partial charge in [-0.05, 0) is 24.3 Å². The third-order valence-electron chi connectivity index (χ3n) is 5.86. The van der Waals surface area contributed by atoms with Crippen LogP contribution in [0.25, 0.3) is 0 Å². The van der Waals surface area contributed by atoms with Gasteiger partial charge < -0.3 is 28.5 Å². The summed E-state index contributed by atoms with van der Waals surface area (Å²) in [6.07, 6.45) is -0.869. The Labute approximate surface area is 186 Å². The van der Waals surface area contributed by atoms with Crippen molar-refractivity contribution in [3.63, 3.8) is 0 Å². The molecule has 4 rings (SSSR count). The second kappa shape index (κ2) is 10.3. The van der Waals surface area contributed by atoms with Crippen LogP contribution in [0.5, 0.6) is 11.5 Å². The van der Waals surface area contributed by atoms with Crippen LogP contribution in [0.3, 0.4) is 0 Å². The Kier molecular flexibility index (Phi) is 7.21. The fourth-order valence-corrected chi connectivity index (χ4v) is 4.23. The number of hydrogen-bond donors (Lipinski definition) is 1. The van der Waals surface area contributed by atoms with E-state index in [-0.39, 0.29) is 18.4 Å². The Morgan fingerprint density at radius 2 is 1.84 bits per heavy atom. The molecule has 0 spiro atoms. The van der Waals surface area contributed by atoms with Crippen LogP contribution in [0, 0.1) is 10.1 Å². The molecule has 0 amide bonds. The van der Waals surface area contributed by atoms with Crippen LogP contribution in [-0.2, 0) is 16.0 Å². The number of nitro groups is 1. The van der Waals surface area contributed by atoms with Crippen LogP contribution in [0.2, 0.25) is 0 Å². The van der Waals surface area contributed by atoms with Crippen molar-refractivity contribution < 1.29 is 33.5 Å². The molecule has 9 nitrogen and oxygen atoms in total. The van der Waals surface area contributed by atoms with Gasteiger partial charge in [0.15, 0.2) is 17.6 Å². The number of quaternary nitrogens is 1. The summed E-state index contributed by atoms with van der Waals surface area (Å²) in [6.45, 7) is 4.90. The SMILES string of the molecule is O=[N+]([O-])c1ccc(C[N+]2(C[C@H](O)COC[C@H]3COc4ccccc4O3)CCOCC2)cc1. The molecule has 0 unspecified atom stereocenters. The van der Waals surface area contributed by atoms with E-state index in [4.69, 9.17) is 18.9 Å². The highest BCUT2D eigenvalue weighted by Gasteiger charge is 2.33. The number of nitro benzene ring substituents is 1. The Bertz CT molecular complexity index is 899. The number of hydrogen-bond acceptors (Lipinski definition) is 7. The maximum Gasteiger partial charge on any atom is 0.269 e. The minimum atomic E-state index is -0.650. The number of ether oxygens (including phenoxy) is 4. The Balaban J connectivity index is 1.29. The lowest BCUT2D eigenvalue weighted by atomic mass is 10.1. The first-order valence-electron chi connectivity index (χ1n) is 10.8. The predicted octanol–water partition coefficient (Wildman–Crippen LogP) is 2.16. The van der Waals surface area contributed by atoms with Crippen molar-refractivity contribution in [1.29, 1.82) is 0 Å². The zero-order valence-electron chi connectivity index (χ0n) is 17.9. The van der Waals surface area contributed by atoms with Gasteiger partial charge in [-0.25, -0.2) is 0 Å². The molecule has 0 saturated carbocycles. The molecule has 2 atom stereocenters. The summed E-state index contributed by atoms with van der Waals surface area (Å²) >= 11 is 0. The largest absolute Gasteiger partial charge is 0.486 e. The van der Waals surface area contributed by atoms with Crippen molar-refractivity contribution in [3.8, 4) is 11.5 Å². The van der Waals surface area contributed by atoms with Crippen molar-refractivity contribution in [2.75, 3.05) is 52.7 Å². The van der Waals surface area contributed by atoms with Gasteiger partial charge in [-0.1, -0.05) is 12.1 Å². The minimum Gasteiger partial charge on any atom is -0.486 e. The Morgan fingerprint density at radius 3 is 2.56 bits per heavy atom. The van der Waals surface area contributed by atoms with E-state index >= 15 is 0 Å². The summed E-state index contributed by atoms with van der Waals surface area (Å²) in [7, 11) is 0. The molecule has 0 aromatic heterocycles. The van der Waals surface area contributed by atoms with Crippen LogP contribution in [-0.4, -0.2) is 79.4 Å². The number of fused-ring (bicyclic) bond motifs is 1. The number of aliphatic hydroxyl groups excluding tert-OH is 1. The number of rotatable bonds is 9. The number of aliphatic hydroxyl groups is 1. The van der Waals surface area contributed by atoms with E-state index in [0.29, 0.717) is 49.7 Å². The second-order valence-electron chi connectivity index (χ2n) is 8.35. The fourth-order valence-electron chi connectivity index (χ4n) is 4.23. The van der Waals surface area contributed by atoms with Crippen molar-refractivity contribution in [1.82, 2.24) is 0 Å². The monoisotopic (exact) mass is 445 g/mol. The number of morpholine rings is 1. The highest BCUT2D eigenvalue weighted by molar-refractivity contribution is 5.40. The van der Waals surface area contributed by atoms with Gasteiger partial charge in [-0.3, -0.25) is 10.1 Å². The molecule has 2 aliphatic rings. The molecule has 0 aliphatic carbocycles. The summed E-state index contributed by atoms with van der Waals surface area (Å²) in [6, 6.07) is 14.1. The highest BCUT2D eigenvalue weighted by atomic mass is 16.6. The summed E-state index contributed by atoms with van der Waals surface area (Å²) < 4.78 is 23.5. The summed E-state index contributed by atoms with van der Waals surface area (Å²) in [5.41, 5.74) is 1.07. The number of para-hydroxylation sites is 2. The van der Waals surface area contributed by atoms with E-state index in [9.17, 15) is 15.2 Å². The first-order chi connectivity index (χ1) is 15.5. The van der Waals surface area contributed by atoms with E-state index in [1.807, 2.05) is 24.3 Å². The van der Waals surface area contributed by atoms with Crippen molar-refractivity contribution in [2.45, 2.75) is 18.8 Å². The molecule has 172 valence electrons. The van der Waals surface area contributed by atoms with Crippen molar-refractivity contribution in [3.05, 3.63) is 64.2 Å². The second-order valence-corrected chi connectivity index (χ2v) is 8.35. The molecule has 0 radical (unpaired) electrons. The normalized spacial score (nSPS) is 20.5. The smallest absolute Gasteiger partial charge is 0.269 e. The van der Waals surface area contributed by atoms with Crippen LogP contribution >= 0.6 is 0 Å². The Hall–Kier alpha value is -2.72. The number of benzene rings is 2. The minimum absolute atomic E-state index is 0.0762. The van der Waals surface area contributed by atoms with Crippen LogP contribution in [0.4, 0.5) is 5.69 Å². The molecular formula is C23H29N2O7+. The van der Waals surface area contributed by atoms with Gasteiger partial charge in [0.25, 0.3) is 5.69 Å². The van der Waals surface area contributed by atoms with Gasteiger partial charge in [0, 0.05) is 17.7 Å². The van der Waals surface area contributed by atoms with Crippen LogP contribution in [0.1, 0.15) is 5.56 Å². The molecule has 2 heterocycles. The molecule has 1 saturated heterocycles. The molecule has 1 N–H and O–H groups in total. The number of nitrogens with zero attached hydrogens (tertiary/aromatic N) is 2. The zero-order valence-corrected chi connectivity index (χ0v) is 17.9. The van der Waals surface area contributed by atoms with E-state index in [2.05, 4.69) is 0 Å². The number of non-ortho nitro benzene ring substituents is 1. The molecule has 1 fully saturated rings. The lowest BCUT2D eigenvalue weighted by molar-refractivity contribution is -0.950. The summed E-state index contributed by atoms with van der Waals surface area (Å²) in [5.74, 6) is 1.43. The zero-order chi connectivity index (χ0) is 22.4. The maximum atomic E-state index is 10.9. The molecule has 2 aromatic carbocycles. The van der Waals surface area contributed by atoms with E-state index < -0.39 is 11.0 Å². The van der Waals surface area contributed by atoms with E-state index in [0.717, 1.165) is 24.4 Å². The van der Waals surface area contributed by atoms with Crippen LogP contribution < -0.4 is 9.47 Å². The summed E-state index contributed by atoms with van der Waals surface area (Å²) in [5, 5.41) is 21.6. The van der Waals surface area contributed by atoms with Gasteiger partial charge >= 0.3 is 0 Å². The third-order valence-corrected chi connectivity index (χ3v) is 5.86. The molecule has 0 bridgehead atoms. The van der Waals surface area contributed by atoms with Gasteiger partial charge in [-0.15, -0.1) is 0 Å². The molecule has 32 heavy (non-hydrogen) atoms. The molecular weight excluding hydrogens is 416 g/mol. The van der Waals surface area contributed by atoms with Gasteiger partial charge in [0.2, 0.25) is 0 Å². The molecule has 2 aromatic rings. The molecule has 2 aliphatic heterocycles. The lowest BCUT2D eigenvalue weighted by Gasteiger charge is -2.42. The fraction of sp³-hybridized carbons (Fsp3) is 0.478. The van der Waals surface area contributed by atoms with Crippen LogP contribution in [0.15, 0.2) is 48.5 Å². The first-order valence-corrected chi connectivity index (χ1v) is 10.8.